The smallest absolute Gasteiger partial charge is 0.174 e. The highest BCUT2D eigenvalue weighted by Gasteiger charge is 2.00. The lowest BCUT2D eigenvalue weighted by atomic mass is 10.5. The highest BCUT2D eigenvalue weighted by Crippen LogP contribution is 2.23. The van der Waals surface area contributed by atoms with Crippen molar-refractivity contribution in [2.45, 2.75) is 54.8 Å². The van der Waals surface area contributed by atoms with Crippen LogP contribution in [0.25, 0.3) is 0 Å². The molecule has 0 aromatic carbocycles. The third-order valence-corrected chi connectivity index (χ3v) is 5.84. The second-order valence-electron chi connectivity index (χ2n) is 5.46. The van der Waals surface area contributed by atoms with Crippen LogP contribution in [0.3, 0.4) is 0 Å². The summed E-state index contributed by atoms with van der Waals surface area (Å²) < 4.78 is 12.1. The zero-order valence-electron chi connectivity index (χ0n) is 15.2. The molecule has 0 radical (unpaired) electrons. The van der Waals surface area contributed by atoms with Crippen molar-refractivity contribution in [1.82, 2.24) is 0 Å². The van der Waals surface area contributed by atoms with Gasteiger partial charge in [0.2, 0.25) is 0 Å². The number of hydrogen-bond donors (Lipinski definition) is 0. The largest absolute Gasteiger partial charge is 0.481 e. The summed E-state index contributed by atoms with van der Waals surface area (Å²) in [4.78, 5) is 11.0. The number of halogens is 1. The third-order valence-electron chi connectivity index (χ3n) is 2.40. The van der Waals surface area contributed by atoms with Gasteiger partial charge >= 0.3 is 0 Å². The van der Waals surface area contributed by atoms with Crippen molar-refractivity contribution >= 4 is 62.9 Å². The molecule has 3 aromatic heterocycles. The van der Waals surface area contributed by atoms with E-state index in [4.69, 9.17) is 9.47 Å². The van der Waals surface area contributed by atoms with Gasteiger partial charge in [-0.2, -0.15) is 0 Å². The van der Waals surface area contributed by atoms with Crippen molar-refractivity contribution in [2.75, 3.05) is 0 Å². The van der Waals surface area contributed by atoms with E-state index >= 15 is 0 Å². The molecule has 0 aliphatic carbocycles. The average molecular weight is 555 g/mol. The number of rotatable bonds is 5. The Kier molecular flexibility index (Phi) is 17.8. The van der Waals surface area contributed by atoms with Crippen LogP contribution in [0.2, 0.25) is 0 Å². The highest BCUT2D eigenvalue weighted by atomic mass is 127. The Labute approximate surface area is 195 Å². The first-order valence-corrected chi connectivity index (χ1v) is 11.7. The van der Waals surface area contributed by atoms with Crippen molar-refractivity contribution in [3.05, 3.63) is 54.9 Å². The minimum Gasteiger partial charge on any atom is -0.481 e. The van der Waals surface area contributed by atoms with E-state index in [1.807, 2.05) is 57.3 Å². The molecule has 3 aromatic rings. The van der Waals surface area contributed by atoms with Gasteiger partial charge in [-0.05, 0) is 91.4 Å². The zero-order chi connectivity index (χ0) is 19.4. The fourth-order valence-electron chi connectivity index (χ4n) is 1.51. The minimum atomic E-state index is 0. The van der Waals surface area contributed by atoms with Crippen LogP contribution < -0.4 is 9.47 Å². The summed E-state index contributed by atoms with van der Waals surface area (Å²) >= 11 is 7.06. The summed E-state index contributed by atoms with van der Waals surface area (Å²) in [5, 5.41) is 5.89. The van der Waals surface area contributed by atoms with E-state index in [1.54, 1.807) is 28.7 Å². The van der Waals surface area contributed by atoms with Gasteiger partial charge in [-0.3, -0.25) is 4.79 Å². The van der Waals surface area contributed by atoms with E-state index in [9.17, 15) is 4.79 Å². The van der Waals surface area contributed by atoms with E-state index in [-0.39, 0.29) is 21.0 Å². The van der Waals surface area contributed by atoms with Crippen LogP contribution in [0.4, 0.5) is 0 Å². The molecule has 0 spiro atoms. The van der Waals surface area contributed by atoms with E-state index in [2.05, 4.69) is 34.0 Å². The number of thiophene rings is 3. The molecule has 0 aliphatic rings. The molecule has 158 valence electrons. The molecular weight excluding hydrogens is 523 g/mol. The van der Waals surface area contributed by atoms with Crippen LogP contribution in [0.15, 0.2) is 47.2 Å². The van der Waals surface area contributed by atoms with Crippen LogP contribution in [-0.4, -0.2) is 18.5 Å². The number of hydrogen-bond acceptors (Lipinski definition) is 6. The first-order valence-electron chi connectivity index (χ1n) is 8.01. The van der Waals surface area contributed by atoms with Gasteiger partial charge in [0.05, 0.1) is 20.0 Å². The van der Waals surface area contributed by atoms with Crippen molar-refractivity contribution in [3.63, 3.8) is 0 Å². The molecule has 0 amide bonds. The summed E-state index contributed by atoms with van der Waals surface area (Å²) in [6.07, 6.45) is 1.30. The second-order valence-corrected chi connectivity index (χ2v) is 10.3. The summed E-state index contributed by atoms with van der Waals surface area (Å²) in [5.74, 6) is 0. The van der Waals surface area contributed by atoms with Crippen molar-refractivity contribution < 1.29 is 14.3 Å². The first kappa shape index (κ1) is 29.3. The normalized spacial score (nSPS) is 9.11. The number of aldehydes is 1. The highest BCUT2D eigenvalue weighted by molar-refractivity contribution is 14.1. The zero-order valence-corrected chi connectivity index (χ0v) is 19.8. The molecule has 3 heterocycles. The van der Waals surface area contributed by atoms with E-state index in [0.29, 0.717) is 11.0 Å². The summed E-state index contributed by atoms with van der Waals surface area (Å²) in [6.45, 7) is 7.97. The minimum absolute atomic E-state index is 0. The van der Waals surface area contributed by atoms with Crippen LogP contribution in [0.1, 0.15) is 52.2 Å². The molecule has 3 nitrogen and oxygen atoms in total. The number of carbonyl (C=O) groups is 1. The Morgan fingerprint density at radius 3 is 1.79 bits per heavy atom. The van der Waals surface area contributed by atoms with Gasteiger partial charge in [0.25, 0.3) is 0 Å². The topological polar surface area (TPSA) is 35.5 Å². The summed E-state index contributed by atoms with van der Waals surface area (Å²) in [5.41, 5.74) is 0. The maximum atomic E-state index is 10.3. The van der Waals surface area contributed by atoms with Crippen LogP contribution in [0.5, 0.6) is 10.1 Å². The van der Waals surface area contributed by atoms with Gasteiger partial charge < -0.3 is 9.47 Å². The molecule has 28 heavy (non-hydrogen) atoms. The quantitative estimate of drug-likeness (QED) is 0.234. The molecular formula is C21H31IO3S3. The van der Waals surface area contributed by atoms with Gasteiger partial charge in [-0.15, -0.1) is 22.7 Å². The Bertz CT molecular complexity index is 705. The van der Waals surface area contributed by atoms with Crippen molar-refractivity contribution in [2.24, 2.45) is 0 Å². The van der Waals surface area contributed by atoms with Gasteiger partial charge in [-0.1, -0.05) is 32.3 Å². The lowest BCUT2D eigenvalue weighted by Gasteiger charge is -2.04. The maximum Gasteiger partial charge on any atom is 0.174 e. The number of ether oxygens (including phenoxy) is 2. The Morgan fingerprint density at radius 2 is 1.43 bits per heavy atom. The van der Waals surface area contributed by atoms with E-state index in [0.717, 1.165) is 16.4 Å². The molecule has 0 saturated heterocycles. The Hall–Kier alpha value is -0.900. The first-order chi connectivity index (χ1) is 12.4. The van der Waals surface area contributed by atoms with Gasteiger partial charge in [0.1, 0.15) is 0 Å². The van der Waals surface area contributed by atoms with Gasteiger partial charge in [0, 0.05) is 0 Å². The molecule has 0 aliphatic heterocycles. The molecule has 0 bridgehead atoms. The standard InChI is InChI=1S/C8H10O2S.C7H10OS.C4H3IS.2CH4/c1-6(2)10-8-4-3-7(5-9)11-8;1-6(2)8-7-4-3-5-9-7;5-4-2-1-3-6-4;;/h3-6H,1-2H3;3-6H,1-2H3;1-3H;2*1H4. The predicted molar refractivity (Wildman–Crippen MR) is 136 cm³/mol. The van der Waals surface area contributed by atoms with Gasteiger partial charge in [0.15, 0.2) is 16.4 Å². The van der Waals surface area contributed by atoms with Crippen molar-refractivity contribution in [1.29, 1.82) is 0 Å². The lowest BCUT2D eigenvalue weighted by Crippen LogP contribution is -2.03. The van der Waals surface area contributed by atoms with Crippen molar-refractivity contribution in [3.8, 4) is 10.1 Å². The summed E-state index contributed by atoms with van der Waals surface area (Å²) in [6, 6.07) is 11.7. The fraction of sp³-hybridized carbons (Fsp3) is 0.381. The molecule has 0 saturated carbocycles. The monoisotopic (exact) mass is 554 g/mol. The molecule has 0 unspecified atom stereocenters. The van der Waals surface area contributed by atoms with Crippen LogP contribution >= 0.6 is 56.6 Å². The summed E-state index contributed by atoms with van der Waals surface area (Å²) in [7, 11) is 0. The SMILES string of the molecule is C.C.CC(C)Oc1ccc(C=O)s1.CC(C)Oc1cccs1.Ic1cccs1. The van der Waals surface area contributed by atoms with E-state index in [1.165, 1.54) is 14.2 Å². The second kappa shape index (κ2) is 17.0. The molecule has 0 fully saturated rings. The lowest BCUT2D eigenvalue weighted by molar-refractivity contribution is 0.112. The average Bonchev–Trinajstić information content (AvgIpc) is 3.31. The predicted octanol–water partition coefficient (Wildman–Crippen LogP) is 8.51. The Balaban J connectivity index is 0. The maximum absolute atomic E-state index is 10.3. The van der Waals surface area contributed by atoms with Gasteiger partial charge in [-0.25, -0.2) is 0 Å². The molecule has 0 atom stereocenters. The molecule has 7 heteroatoms. The third kappa shape index (κ3) is 14.1. The molecule has 0 N–H and O–H groups in total. The number of carbonyl (C=O) groups excluding carboxylic acids is 1. The van der Waals surface area contributed by atoms with Crippen LogP contribution in [0, 0.1) is 2.88 Å². The van der Waals surface area contributed by atoms with E-state index < -0.39 is 0 Å². The molecule has 3 rings (SSSR count). The van der Waals surface area contributed by atoms with Crippen LogP contribution in [-0.2, 0) is 0 Å². The fourth-order valence-corrected chi connectivity index (χ4v) is 4.10. The Morgan fingerprint density at radius 1 is 0.857 bits per heavy atom.